The van der Waals surface area contributed by atoms with Gasteiger partial charge >= 0.3 is 0 Å². The van der Waals surface area contributed by atoms with E-state index in [1.807, 2.05) is 20.8 Å². The lowest BCUT2D eigenvalue weighted by Gasteiger charge is -2.23. The van der Waals surface area contributed by atoms with Gasteiger partial charge in [-0.3, -0.25) is 4.72 Å². The molecule has 1 aromatic heterocycles. The Bertz CT molecular complexity index is 589. The van der Waals surface area contributed by atoms with Crippen molar-refractivity contribution in [2.75, 3.05) is 11.0 Å². The van der Waals surface area contributed by atoms with E-state index in [2.05, 4.69) is 9.71 Å². The third-order valence-corrected chi connectivity index (χ3v) is 2.94. The Hall–Kier alpha value is -1.50. The van der Waals surface area contributed by atoms with Crippen molar-refractivity contribution in [2.45, 2.75) is 45.3 Å². The normalized spacial score (nSPS) is 15.8. The number of nitrogens with zero attached hydrogens (tertiary/aromatic N) is 1. The Morgan fingerprint density at radius 3 is 2.45 bits per heavy atom. The van der Waals surface area contributed by atoms with Gasteiger partial charge in [0.05, 0.1) is 18.6 Å². The van der Waals surface area contributed by atoms with Crippen molar-refractivity contribution in [1.82, 2.24) is 4.98 Å². The van der Waals surface area contributed by atoms with Crippen LogP contribution >= 0.6 is 0 Å². The molecular weight excluding hydrogens is 280 g/mol. The van der Waals surface area contributed by atoms with Crippen molar-refractivity contribution in [3.8, 4) is 11.5 Å². The molecule has 1 aromatic rings. The van der Waals surface area contributed by atoms with Crippen LogP contribution in [0.1, 0.15) is 33.6 Å². The van der Waals surface area contributed by atoms with Crippen LogP contribution in [0.15, 0.2) is 12.3 Å². The second-order valence-corrected chi connectivity index (χ2v) is 7.67. The molecule has 0 bridgehead atoms. The number of pyridine rings is 1. The maximum Gasteiger partial charge on any atom is 0.230 e. The molecular formula is C13H20N2O4S. The summed E-state index contributed by atoms with van der Waals surface area (Å²) < 4.78 is 36.3. The predicted molar refractivity (Wildman–Crippen MR) is 76.7 cm³/mol. The van der Waals surface area contributed by atoms with Gasteiger partial charge < -0.3 is 9.47 Å². The maximum absolute atomic E-state index is 11.2. The highest BCUT2D eigenvalue weighted by Gasteiger charge is 2.26. The lowest BCUT2D eigenvalue weighted by Crippen LogP contribution is -2.23. The van der Waals surface area contributed by atoms with Crippen molar-refractivity contribution in [3.05, 3.63) is 12.3 Å². The lowest BCUT2D eigenvalue weighted by atomic mass is 10.2. The largest absolute Gasteiger partial charge is 0.486 e. The van der Waals surface area contributed by atoms with Crippen LogP contribution in [0.4, 0.5) is 5.82 Å². The molecule has 0 aromatic carbocycles. The zero-order valence-electron chi connectivity index (χ0n) is 12.1. The summed E-state index contributed by atoms with van der Waals surface area (Å²) in [6.07, 6.45) is 4.76. The first kappa shape index (κ1) is 14.9. The van der Waals surface area contributed by atoms with E-state index in [1.165, 1.54) is 6.20 Å². The second-order valence-electron chi connectivity index (χ2n) is 5.92. The van der Waals surface area contributed by atoms with E-state index in [1.54, 1.807) is 6.07 Å². The van der Waals surface area contributed by atoms with Crippen LogP contribution in [-0.2, 0) is 10.0 Å². The number of sulfonamides is 1. The highest BCUT2D eigenvalue weighted by molar-refractivity contribution is 7.92. The van der Waals surface area contributed by atoms with Gasteiger partial charge in [-0.25, -0.2) is 13.4 Å². The Labute approximate surface area is 119 Å². The van der Waals surface area contributed by atoms with E-state index in [0.717, 1.165) is 19.1 Å². The average molecular weight is 300 g/mol. The fourth-order valence-electron chi connectivity index (χ4n) is 1.53. The molecule has 112 valence electrons. The number of nitrogens with one attached hydrogen (secondary N) is 1. The standard InChI is InChI=1S/C13H20N2O4S/c1-13(2,3)19-11-8-14-12(15-20(4,16)17)7-10(11)18-9-5-6-9/h7-9H,5-6H2,1-4H3,(H,14,15). The molecule has 1 saturated carbocycles. The van der Waals surface area contributed by atoms with Gasteiger partial charge in [-0.05, 0) is 33.6 Å². The predicted octanol–water partition coefficient (Wildman–Crippen LogP) is 2.17. The summed E-state index contributed by atoms with van der Waals surface area (Å²) in [5, 5.41) is 0. The molecule has 1 fully saturated rings. The molecule has 0 amide bonds. The van der Waals surface area contributed by atoms with Crippen LogP contribution in [0.5, 0.6) is 11.5 Å². The van der Waals surface area contributed by atoms with Crippen molar-refractivity contribution < 1.29 is 17.9 Å². The number of anilines is 1. The summed E-state index contributed by atoms with van der Waals surface area (Å²) in [4.78, 5) is 4.04. The van der Waals surface area contributed by atoms with Crippen LogP contribution in [0.2, 0.25) is 0 Å². The van der Waals surface area contributed by atoms with Gasteiger partial charge in [-0.2, -0.15) is 0 Å². The molecule has 0 radical (unpaired) electrons. The molecule has 0 saturated heterocycles. The van der Waals surface area contributed by atoms with Crippen molar-refractivity contribution in [1.29, 1.82) is 0 Å². The summed E-state index contributed by atoms with van der Waals surface area (Å²) in [5.41, 5.74) is -0.380. The average Bonchev–Trinajstić information content (AvgIpc) is 3.01. The Morgan fingerprint density at radius 2 is 1.95 bits per heavy atom. The van der Waals surface area contributed by atoms with Gasteiger partial charge in [0.15, 0.2) is 11.5 Å². The Kier molecular flexibility index (Phi) is 3.82. The van der Waals surface area contributed by atoms with Crippen LogP contribution < -0.4 is 14.2 Å². The number of aromatic nitrogens is 1. The van der Waals surface area contributed by atoms with Gasteiger partial charge in [-0.15, -0.1) is 0 Å². The number of ether oxygens (including phenoxy) is 2. The number of rotatable bonds is 5. The summed E-state index contributed by atoms with van der Waals surface area (Å²) in [5.74, 6) is 1.26. The quantitative estimate of drug-likeness (QED) is 0.901. The minimum Gasteiger partial charge on any atom is -0.486 e. The van der Waals surface area contributed by atoms with Crippen LogP contribution in [0.25, 0.3) is 0 Å². The minimum absolute atomic E-state index is 0.186. The van der Waals surface area contributed by atoms with Gasteiger partial charge in [0.1, 0.15) is 11.4 Å². The third kappa shape index (κ3) is 4.88. The first-order valence-electron chi connectivity index (χ1n) is 6.46. The number of hydrogen-bond donors (Lipinski definition) is 1. The zero-order chi connectivity index (χ0) is 15.0. The molecule has 0 spiro atoms. The van der Waals surface area contributed by atoms with Gasteiger partial charge in [0.2, 0.25) is 10.0 Å². The van der Waals surface area contributed by atoms with Gasteiger partial charge in [0, 0.05) is 6.07 Å². The minimum atomic E-state index is -3.36. The van der Waals surface area contributed by atoms with E-state index in [4.69, 9.17) is 9.47 Å². The summed E-state index contributed by atoms with van der Waals surface area (Å²) >= 11 is 0. The molecule has 7 heteroatoms. The number of hydrogen-bond acceptors (Lipinski definition) is 5. The molecule has 20 heavy (non-hydrogen) atoms. The second kappa shape index (κ2) is 5.12. The molecule has 0 aliphatic heterocycles. The van der Waals surface area contributed by atoms with Crippen molar-refractivity contribution >= 4 is 15.8 Å². The molecule has 2 rings (SSSR count). The molecule has 6 nitrogen and oxygen atoms in total. The molecule has 1 N–H and O–H groups in total. The van der Waals surface area contributed by atoms with E-state index in [-0.39, 0.29) is 17.5 Å². The maximum atomic E-state index is 11.2. The van der Waals surface area contributed by atoms with E-state index in [9.17, 15) is 8.42 Å². The first-order chi connectivity index (χ1) is 9.12. The molecule has 1 heterocycles. The van der Waals surface area contributed by atoms with E-state index >= 15 is 0 Å². The summed E-state index contributed by atoms with van der Waals surface area (Å²) in [6, 6.07) is 1.56. The Morgan fingerprint density at radius 1 is 1.30 bits per heavy atom. The van der Waals surface area contributed by atoms with Crippen LogP contribution in [-0.4, -0.2) is 31.4 Å². The van der Waals surface area contributed by atoms with Crippen LogP contribution in [0.3, 0.4) is 0 Å². The summed E-state index contributed by atoms with van der Waals surface area (Å²) in [7, 11) is -3.36. The van der Waals surface area contributed by atoms with E-state index in [0.29, 0.717) is 11.5 Å². The van der Waals surface area contributed by atoms with Crippen molar-refractivity contribution in [3.63, 3.8) is 0 Å². The van der Waals surface area contributed by atoms with E-state index < -0.39 is 10.0 Å². The highest BCUT2D eigenvalue weighted by Crippen LogP contribution is 2.36. The van der Waals surface area contributed by atoms with Gasteiger partial charge in [-0.1, -0.05) is 0 Å². The SMILES string of the molecule is CC(C)(C)Oc1cnc(NS(C)(=O)=O)cc1OC1CC1. The fourth-order valence-corrected chi connectivity index (χ4v) is 2.03. The fraction of sp³-hybridized carbons (Fsp3) is 0.615. The van der Waals surface area contributed by atoms with Gasteiger partial charge in [0.25, 0.3) is 0 Å². The summed E-state index contributed by atoms with van der Waals surface area (Å²) in [6.45, 7) is 5.78. The monoisotopic (exact) mass is 300 g/mol. The molecule has 0 atom stereocenters. The third-order valence-electron chi connectivity index (χ3n) is 2.36. The molecule has 1 aliphatic rings. The highest BCUT2D eigenvalue weighted by atomic mass is 32.2. The molecule has 1 aliphatic carbocycles. The lowest BCUT2D eigenvalue weighted by molar-refractivity contribution is 0.122. The topological polar surface area (TPSA) is 77.5 Å². The molecule has 0 unspecified atom stereocenters. The smallest absolute Gasteiger partial charge is 0.230 e. The zero-order valence-corrected chi connectivity index (χ0v) is 13.0. The Balaban J connectivity index is 2.26. The van der Waals surface area contributed by atoms with Crippen molar-refractivity contribution in [2.24, 2.45) is 0 Å². The first-order valence-corrected chi connectivity index (χ1v) is 8.35. The van der Waals surface area contributed by atoms with Crippen LogP contribution in [0, 0.1) is 0 Å².